The molecule has 0 amide bonds. The number of ether oxygens (including phenoxy) is 4. The van der Waals surface area contributed by atoms with E-state index in [9.17, 15) is 9.59 Å². The third kappa shape index (κ3) is 6.58. The van der Waals surface area contributed by atoms with Crippen LogP contribution in [-0.2, 0) is 32.2 Å². The van der Waals surface area contributed by atoms with E-state index in [1.807, 2.05) is 0 Å². The van der Waals surface area contributed by atoms with Crippen molar-refractivity contribution in [3.05, 3.63) is 100 Å². The van der Waals surface area contributed by atoms with E-state index in [4.69, 9.17) is 65.4 Å². The van der Waals surface area contributed by atoms with Crippen molar-refractivity contribution in [3.8, 4) is 0 Å². The van der Waals surface area contributed by atoms with Crippen LogP contribution >= 0.6 is 46.4 Å². The molecule has 2 aromatic carbocycles. The summed E-state index contributed by atoms with van der Waals surface area (Å²) in [6.07, 6.45) is -1.44. The Hall–Kier alpha value is -1.88. The van der Waals surface area contributed by atoms with Gasteiger partial charge in [-0.3, -0.25) is 14.3 Å². The second-order valence-corrected chi connectivity index (χ2v) is 10.2. The maximum absolute atomic E-state index is 12.6. The Balaban J connectivity index is 1.57. The van der Waals surface area contributed by atoms with Gasteiger partial charge in [0.1, 0.15) is 18.3 Å². The van der Waals surface area contributed by atoms with Gasteiger partial charge in [-0.2, -0.15) is 0 Å². The van der Waals surface area contributed by atoms with Crippen molar-refractivity contribution < 1.29 is 18.9 Å². The quantitative estimate of drug-likeness (QED) is 0.370. The minimum Gasteiger partial charge on any atom is -0.374 e. The molecule has 1 saturated heterocycles. The summed E-state index contributed by atoms with van der Waals surface area (Å²) in [7, 11) is 1.49. The van der Waals surface area contributed by atoms with E-state index < -0.39 is 35.8 Å². The lowest BCUT2D eigenvalue weighted by Crippen LogP contribution is -2.40. The number of nitrogens with zero attached hydrogens (tertiary/aromatic N) is 1. The lowest BCUT2D eigenvalue weighted by atomic mass is 10.1. The topological polar surface area (TPSA) is 91.8 Å². The van der Waals surface area contributed by atoms with Crippen LogP contribution in [0.1, 0.15) is 22.9 Å². The minimum absolute atomic E-state index is 0.103. The highest BCUT2D eigenvalue weighted by atomic mass is 35.5. The van der Waals surface area contributed by atoms with Crippen LogP contribution in [0.5, 0.6) is 0 Å². The molecule has 8 nitrogen and oxygen atoms in total. The summed E-state index contributed by atoms with van der Waals surface area (Å²) in [5.74, 6) is 0. The number of rotatable bonds is 9. The normalized spacial score (nSPS) is 21.5. The number of aromatic nitrogens is 2. The molecule has 3 aromatic rings. The fourth-order valence-corrected chi connectivity index (χ4v) is 4.97. The van der Waals surface area contributed by atoms with Crippen LogP contribution in [0.25, 0.3) is 0 Å². The van der Waals surface area contributed by atoms with Crippen molar-refractivity contribution in [1.29, 1.82) is 0 Å². The smallest absolute Gasteiger partial charge is 0.330 e. The van der Waals surface area contributed by atoms with E-state index in [2.05, 4.69) is 4.98 Å². The molecule has 4 atom stereocenters. The Morgan fingerprint density at radius 1 is 0.946 bits per heavy atom. The predicted octanol–water partition coefficient (Wildman–Crippen LogP) is 5.17. The largest absolute Gasteiger partial charge is 0.374 e. The standard InChI is InChI=1S/C25H24Cl4N2O6/c1-13-9-31(25(33)30-23(13)32)24-22(34-2)21(36-11-15-4-6-17(27)8-19(15)29)20(37-24)12-35-10-14-3-5-16(26)7-18(14)28/h3-9,20-22,24H,10-12H2,1-2H3,(H,30,32,33)/t20-,21-,22-,24-/m1/s1. The summed E-state index contributed by atoms with van der Waals surface area (Å²) in [6.45, 7) is 2.03. The highest BCUT2D eigenvalue weighted by molar-refractivity contribution is 6.35. The van der Waals surface area contributed by atoms with Gasteiger partial charge in [-0.25, -0.2) is 4.79 Å². The molecule has 1 fully saturated rings. The van der Waals surface area contributed by atoms with E-state index in [1.54, 1.807) is 43.3 Å². The zero-order chi connectivity index (χ0) is 26.7. The zero-order valence-electron chi connectivity index (χ0n) is 19.9. The Bertz CT molecular complexity index is 1380. The van der Waals surface area contributed by atoms with Crippen molar-refractivity contribution in [1.82, 2.24) is 9.55 Å². The number of aryl methyl sites for hydroxylation is 1. The third-order valence-electron chi connectivity index (χ3n) is 5.98. The van der Waals surface area contributed by atoms with Crippen LogP contribution in [0.4, 0.5) is 0 Å². The van der Waals surface area contributed by atoms with Crippen molar-refractivity contribution in [2.75, 3.05) is 13.7 Å². The highest BCUT2D eigenvalue weighted by Gasteiger charge is 2.47. The first kappa shape index (κ1) is 28.1. The predicted molar refractivity (Wildman–Crippen MR) is 142 cm³/mol. The first-order chi connectivity index (χ1) is 17.7. The third-order valence-corrected chi connectivity index (χ3v) is 7.15. The Kier molecular flexibility index (Phi) is 9.37. The van der Waals surface area contributed by atoms with E-state index in [0.717, 1.165) is 5.56 Å². The van der Waals surface area contributed by atoms with E-state index >= 15 is 0 Å². The van der Waals surface area contributed by atoms with Gasteiger partial charge >= 0.3 is 5.69 Å². The van der Waals surface area contributed by atoms with Crippen molar-refractivity contribution in [3.63, 3.8) is 0 Å². The van der Waals surface area contributed by atoms with Gasteiger partial charge in [-0.1, -0.05) is 58.5 Å². The Morgan fingerprint density at radius 3 is 2.16 bits per heavy atom. The lowest BCUT2D eigenvalue weighted by Gasteiger charge is -2.24. The monoisotopic (exact) mass is 588 g/mol. The molecule has 37 heavy (non-hydrogen) atoms. The van der Waals surface area contributed by atoms with E-state index in [-0.39, 0.29) is 19.8 Å². The highest BCUT2D eigenvalue weighted by Crippen LogP contribution is 2.34. The van der Waals surface area contributed by atoms with Gasteiger partial charge in [-0.05, 0) is 42.3 Å². The number of nitrogens with one attached hydrogen (secondary N) is 1. The summed E-state index contributed by atoms with van der Waals surface area (Å²) < 4.78 is 25.4. The molecule has 4 rings (SSSR count). The van der Waals surface area contributed by atoms with Crippen molar-refractivity contribution in [2.45, 2.75) is 44.7 Å². The molecule has 0 radical (unpaired) electrons. The van der Waals surface area contributed by atoms with Crippen LogP contribution in [0, 0.1) is 6.92 Å². The summed E-state index contributed by atoms with van der Waals surface area (Å²) >= 11 is 24.6. The summed E-state index contributed by atoms with van der Waals surface area (Å²) in [5.41, 5.74) is 0.714. The number of H-pyrrole nitrogens is 1. The molecule has 1 aromatic heterocycles. The molecule has 1 N–H and O–H groups in total. The number of halogens is 4. The molecule has 0 bridgehead atoms. The molecule has 0 unspecified atom stereocenters. The van der Waals surface area contributed by atoms with Gasteiger partial charge in [0.05, 0.1) is 19.8 Å². The average molecular weight is 590 g/mol. The molecule has 2 heterocycles. The van der Waals surface area contributed by atoms with Gasteiger partial charge in [0, 0.05) is 39.0 Å². The summed E-state index contributed by atoms with van der Waals surface area (Å²) in [4.78, 5) is 26.8. The molecule has 0 saturated carbocycles. The first-order valence-corrected chi connectivity index (χ1v) is 12.8. The van der Waals surface area contributed by atoms with Crippen LogP contribution in [-0.4, -0.2) is 41.6 Å². The second-order valence-electron chi connectivity index (χ2n) is 8.51. The fourth-order valence-electron chi connectivity index (χ4n) is 4.04. The van der Waals surface area contributed by atoms with Gasteiger partial charge in [0.15, 0.2) is 6.23 Å². The molecule has 1 aliphatic heterocycles. The van der Waals surface area contributed by atoms with Gasteiger partial charge < -0.3 is 18.9 Å². The zero-order valence-corrected chi connectivity index (χ0v) is 22.9. The Morgan fingerprint density at radius 2 is 1.57 bits per heavy atom. The van der Waals surface area contributed by atoms with Crippen LogP contribution in [0.15, 0.2) is 52.2 Å². The number of benzene rings is 2. The average Bonchev–Trinajstić information content (AvgIpc) is 3.19. The molecule has 12 heteroatoms. The number of methoxy groups -OCH3 is 1. The molecule has 0 spiro atoms. The SMILES string of the molecule is CO[C@@H]1[C@H](OCc2ccc(Cl)cc2Cl)[C@@H](COCc2ccc(Cl)cc2Cl)O[C@H]1n1cc(C)c(=O)[nH]c1=O. The fraction of sp³-hybridized carbons (Fsp3) is 0.360. The van der Waals surface area contributed by atoms with Gasteiger partial charge in [-0.15, -0.1) is 0 Å². The molecular formula is C25H24Cl4N2O6. The van der Waals surface area contributed by atoms with Crippen LogP contribution in [0.3, 0.4) is 0 Å². The molecule has 1 aliphatic rings. The van der Waals surface area contributed by atoms with Crippen LogP contribution in [0.2, 0.25) is 20.1 Å². The molecular weight excluding hydrogens is 566 g/mol. The molecule has 198 valence electrons. The summed E-state index contributed by atoms with van der Waals surface area (Å²) in [5, 5.41) is 1.96. The maximum Gasteiger partial charge on any atom is 0.330 e. The van der Waals surface area contributed by atoms with Crippen molar-refractivity contribution >= 4 is 46.4 Å². The van der Waals surface area contributed by atoms with Gasteiger partial charge in [0.25, 0.3) is 5.56 Å². The first-order valence-electron chi connectivity index (χ1n) is 11.3. The second kappa shape index (κ2) is 12.3. The van der Waals surface area contributed by atoms with Crippen LogP contribution < -0.4 is 11.2 Å². The van der Waals surface area contributed by atoms with E-state index in [1.165, 1.54) is 17.9 Å². The Labute approximate surface area is 232 Å². The van der Waals surface area contributed by atoms with E-state index in [0.29, 0.717) is 31.2 Å². The van der Waals surface area contributed by atoms with Crippen molar-refractivity contribution in [2.24, 2.45) is 0 Å². The number of hydrogen-bond donors (Lipinski definition) is 1. The summed E-state index contributed by atoms with van der Waals surface area (Å²) in [6, 6.07) is 10.2. The molecule has 0 aliphatic carbocycles. The lowest BCUT2D eigenvalue weighted by molar-refractivity contribution is -0.0836. The number of hydrogen-bond acceptors (Lipinski definition) is 6. The maximum atomic E-state index is 12.6. The van der Waals surface area contributed by atoms with Gasteiger partial charge in [0.2, 0.25) is 0 Å². The minimum atomic E-state index is -0.883. The number of aromatic amines is 1.